The van der Waals surface area contributed by atoms with Gasteiger partial charge in [0.25, 0.3) is 11.8 Å². The molecule has 1 aliphatic carbocycles. The van der Waals surface area contributed by atoms with E-state index in [4.69, 9.17) is 9.47 Å². The van der Waals surface area contributed by atoms with E-state index >= 15 is 4.39 Å². The van der Waals surface area contributed by atoms with Crippen LogP contribution < -0.4 is 20.3 Å². The highest BCUT2D eigenvalue weighted by Crippen LogP contribution is 2.38. The van der Waals surface area contributed by atoms with E-state index in [1.54, 1.807) is 0 Å². The summed E-state index contributed by atoms with van der Waals surface area (Å²) in [6, 6.07) is 2.05. The Kier molecular flexibility index (Phi) is 5.67. The molecule has 0 radical (unpaired) electrons. The third-order valence-electron chi connectivity index (χ3n) is 8.16. The zero-order chi connectivity index (χ0) is 26.7. The van der Waals surface area contributed by atoms with Gasteiger partial charge in [-0.2, -0.15) is 0 Å². The van der Waals surface area contributed by atoms with Gasteiger partial charge >= 0.3 is 6.09 Å². The number of amides is 2. The number of piperidine rings is 1. The Bertz CT molecular complexity index is 1480. The van der Waals surface area contributed by atoms with Crippen LogP contribution in [0.25, 0.3) is 11.0 Å². The van der Waals surface area contributed by atoms with Gasteiger partial charge in [-0.25, -0.2) is 24.1 Å². The normalized spacial score (nSPS) is 22.1. The molecule has 7 rings (SSSR count). The zero-order valence-electron chi connectivity index (χ0n) is 21.6. The number of hydrogen-bond donors (Lipinski definition) is 3. The summed E-state index contributed by atoms with van der Waals surface area (Å²) < 4.78 is 26.4. The summed E-state index contributed by atoms with van der Waals surface area (Å²) in [4.78, 5) is 44.5. The molecule has 3 aromatic rings. The largest absolute Gasteiger partial charge is 0.465 e. The molecule has 1 spiro atoms. The number of carbonyl (C=O) groups is 2. The molecule has 1 aromatic carbocycles. The van der Waals surface area contributed by atoms with Crippen molar-refractivity contribution in [2.75, 3.05) is 50.1 Å². The molecule has 4 aliphatic rings. The van der Waals surface area contributed by atoms with Gasteiger partial charge in [0.1, 0.15) is 16.9 Å². The average molecular weight is 537 g/mol. The summed E-state index contributed by atoms with van der Waals surface area (Å²) in [6.45, 7) is 3.26. The lowest BCUT2D eigenvalue weighted by Gasteiger charge is -2.38. The maximum absolute atomic E-state index is 15.3. The molecular weight excluding hydrogens is 507 g/mol. The number of imidazole rings is 1. The number of halogens is 1. The molecule has 5 heterocycles. The Morgan fingerprint density at radius 3 is 2.90 bits per heavy atom. The summed E-state index contributed by atoms with van der Waals surface area (Å²) in [5.74, 6) is 1.30. The lowest BCUT2D eigenvalue weighted by Crippen LogP contribution is -2.48. The van der Waals surface area contributed by atoms with E-state index in [2.05, 4.69) is 41.5 Å². The van der Waals surface area contributed by atoms with Crippen molar-refractivity contribution in [3.8, 4) is 5.88 Å². The van der Waals surface area contributed by atoms with Gasteiger partial charge in [0.2, 0.25) is 0 Å². The van der Waals surface area contributed by atoms with Crippen molar-refractivity contribution in [3.63, 3.8) is 0 Å². The quantitative estimate of drug-likeness (QED) is 0.445. The molecule has 2 aromatic heterocycles. The topological polar surface area (TPSA) is 138 Å². The van der Waals surface area contributed by atoms with Crippen LogP contribution in [0.4, 0.5) is 20.8 Å². The Labute approximate surface area is 223 Å². The number of likely N-dealkylation sites (tertiary alicyclic amines) is 1. The molecule has 2 amide bonds. The van der Waals surface area contributed by atoms with Gasteiger partial charge in [-0.05, 0) is 43.0 Å². The summed E-state index contributed by atoms with van der Waals surface area (Å²) in [5, 5.41) is 5.66. The fourth-order valence-corrected chi connectivity index (χ4v) is 6.27. The summed E-state index contributed by atoms with van der Waals surface area (Å²) in [5.41, 5.74) is 2.43. The standard InChI is InChI=1S/C26H29FN8O4/c1-28-9-18-30-17-8-15-6-14(7-16(15)21(27)22(17)31-18)11-34-4-2-26(3-5-34)13-35(25(37)39-26)19-10-29-24-23(32-19)33-20(36)12-38-24/h8,10,14,28H,2-7,9,11-13H2,1H3,(H,30,31)(H,32,33,36). The lowest BCUT2D eigenvalue weighted by atomic mass is 9.90. The first-order valence-corrected chi connectivity index (χ1v) is 13.3. The molecule has 12 nitrogen and oxygen atoms in total. The fourth-order valence-electron chi connectivity index (χ4n) is 6.27. The second-order valence-electron chi connectivity index (χ2n) is 10.9. The van der Waals surface area contributed by atoms with Crippen LogP contribution in [0.1, 0.15) is 29.8 Å². The van der Waals surface area contributed by atoms with E-state index in [0.717, 1.165) is 48.5 Å². The van der Waals surface area contributed by atoms with E-state index < -0.39 is 11.7 Å². The monoisotopic (exact) mass is 536 g/mol. The van der Waals surface area contributed by atoms with Crippen molar-refractivity contribution < 1.29 is 23.5 Å². The predicted octanol–water partition coefficient (Wildman–Crippen LogP) is 1.75. The number of nitrogens with one attached hydrogen (secondary N) is 3. The molecule has 204 valence electrons. The number of H-pyrrole nitrogens is 1. The van der Waals surface area contributed by atoms with Gasteiger partial charge in [0.05, 0.1) is 24.8 Å². The minimum absolute atomic E-state index is 0.111. The Hall–Kier alpha value is -3.84. The number of fused-ring (bicyclic) bond motifs is 3. The van der Waals surface area contributed by atoms with Crippen molar-refractivity contribution in [1.82, 2.24) is 30.2 Å². The highest BCUT2D eigenvalue weighted by atomic mass is 19.1. The second kappa shape index (κ2) is 9.12. The van der Waals surface area contributed by atoms with E-state index in [9.17, 15) is 9.59 Å². The van der Waals surface area contributed by atoms with Crippen LogP contribution in [0.2, 0.25) is 0 Å². The van der Waals surface area contributed by atoms with Crippen molar-refractivity contribution in [3.05, 3.63) is 35.0 Å². The third kappa shape index (κ3) is 4.25. The molecule has 3 N–H and O–H groups in total. The third-order valence-corrected chi connectivity index (χ3v) is 8.16. The van der Waals surface area contributed by atoms with E-state index in [1.165, 1.54) is 11.1 Å². The van der Waals surface area contributed by atoms with E-state index in [0.29, 0.717) is 49.6 Å². The van der Waals surface area contributed by atoms with E-state index in [1.807, 2.05) is 7.05 Å². The SMILES string of the molecule is CNCc1nc2c(F)c3c(cc2[nH]1)CC(CN1CCC2(CC1)CN(c1cnc4c(n1)NC(=O)CO4)C(=O)O2)C3. The minimum atomic E-state index is -0.592. The summed E-state index contributed by atoms with van der Waals surface area (Å²) >= 11 is 0. The number of hydrogen-bond acceptors (Lipinski definition) is 9. The number of benzene rings is 1. The second-order valence-corrected chi connectivity index (χ2v) is 10.9. The molecule has 3 aliphatic heterocycles. The Morgan fingerprint density at radius 2 is 2.08 bits per heavy atom. The van der Waals surface area contributed by atoms with Gasteiger partial charge in [-0.3, -0.25) is 9.69 Å². The van der Waals surface area contributed by atoms with Crippen LogP contribution in [0, 0.1) is 11.7 Å². The molecule has 1 atom stereocenters. The molecular formula is C26H29FN8O4. The molecule has 13 heteroatoms. The van der Waals surface area contributed by atoms with Crippen molar-refractivity contribution >= 4 is 34.7 Å². The van der Waals surface area contributed by atoms with Gasteiger partial charge in [-0.1, -0.05) is 0 Å². The average Bonchev–Trinajstić information content (AvgIpc) is 3.61. The number of aromatic amines is 1. The van der Waals surface area contributed by atoms with Gasteiger partial charge in [-0.15, -0.1) is 0 Å². The number of ether oxygens (including phenoxy) is 2. The number of rotatable bonds is 5. The fraction of sp³-hybridized carbons (Fsp3) is 0.500. The van der Waals surface area contributed by atoms with Crippen molar-refractivity contribution in [2.24, 2.45) is 5.92 Å². The van der Waals surface area contributed by atoms with E-state index in [-0.39, 0.29) is 30.0 Å². The Morgan fingerprint density at radius 1 is 1.23 bits per heavy atom. The van der Waals surface area contributed by atoms with Crippen LogP contribution in [-0.2, 0) is 28.9 Å². The highest BCUT2D eigenvalue weighted by molar-refractivity contribution is 5.94. The summed E-state index contributed by atoms with van der Waals surface area (Å²) in [6.07, 6.45) is 3.92. The molecule has 2 fully saturated rings. The number of carbonyl (C=O) groups excluding carboxylic acids is 2. The summed E-state index contributed by atoms with van der Waals surface area (Å²) in [7, 11) is 1.84. The van der Waals surface area contributed by atoms with Crippen molar-refractivity contribution in [1.29, 1.82) is 0 Å². The van der Waals surface area contributed by atoms with Gasteiger partial charge in [0, 0.05) is 32.5 Å². The molecule has 2 saturated heterocycles. The van der Waals surface area contributed by atoms with Crippen LogP contribution in [0.15, 0.2) is 12.3 Å². The highest BCUT2D eigenvalue weighted by Gasteiger charge is 2.48. The molecule has 0 saturated carbocycles. The molecule has 39 heavy (non-hydrogen) atoms. The number of nitrogens with zero attached hydrogens (tertiary/aromatic N) is 5. The van der Waals surface area contributed by atoms with Crippen LogP contribution in [0.5, 0.6) is 5.88 Å². The van der Waals surface area contributed by atoms with Crippen LogP contribution in [0.3, 0.4) is 0 Å². The number of aromatic nitrogens is 4. The Balaban J connectivity index is 0.980. The predicted molar refractivity (Wildman–Crippen MR) is 138 cm³/mol. The van der Waals surface area contributed by atoms with Gasteiger partial charge in [0.15, 0.2) is 24.1 Å². The van der Waals surface area contributed by atoms with Gasteiger partial charge < -0.3 is 30.0 Å². The van der Waals surface area contributed by atoms with Crippen LogP contribution in [-0.4, -0.2) is 82.3 Å². The smallest absolute Gasteiger partial charge is 0.416 e. The van der Waals surface area contributed by atoms with Crippen LogP contribution >= 0.6 is 0 Å². The van der Waals surface area contributed by atoms with Crippen molar-refractivity contribution in [2.45, 2.75) is 37.8 Å². The maximum Gasteiger partial charge on any atom is 0.416 e. The minimum Gasteiger partial charge on any atom is -0.465 e. The maximum atomic E-state index is 15.3. The first-order valence-electron chi connectivity index (χ1n) is 13.3. The first-order chi connectivity index (χ1) is 18.9. The lowest BCUT2D eigenvalue weighted by molar-refractivity contribution is -0.118. The first kappa shape index (κ1) is 24.2. The number of anilines is 2. The molecule has 0 bridgehead atoms. The molecule has 1 unspecified atom stereocenters. The zero-order valence-corrected chi connectivity index (χ0v) is 21.6.